The third-order valence-corrected chi connectivity index (χ3v) is 0.945. The summed E-state index contributed by atoms with van der Waals surface area (Å²) in [5.41, 5.74) is -0.242. The van der Waals surface area contributed by atoms with E-state index < -0.39 is 5.24 Å². The Kier molecular flexibility index (Phi) is 3.56. The van der Waals surface area contributed by atoms with Crippen LogP contribution in [0.3, 0.4) is 0 Å². The van der Waals surface area contributed by atoms with Crippen LogP contribution in [0.15, 0.2) is 5.16 Å². The molecule has 0 aromatic heterocycles. The number of nitrogens with zero attached hydrogens (tertiary/aromatic N) is 1. The van der Waals surface area contributed by atoms with Crippen LogP contribution in [0.25, 0.3) is 0 Å². The van der Waals surface area contributed by atoms with Gasteiger partial charge in [0.1, 0.15) is 0 Å². The molecular weight excluding hydrogens is 153 g/mol. The van der Waals surface area contributed by atoms with Crippen molar-refractivity contribution in [1.29, 1.82) is 0 Å². The summed E-state index contributed by atoms with van der Waals surface area (Å²) in [7, 11) is 0. The topological polar surface area (TPSA) is 49.7 Å². The fraction of sp³-hybridized carbons (Fsp3) is 0.333. The van der Waals surface area contributed by atoms with Gasteiger partial charge in [0, 0.05) is 0 Å². The second-order valence-electron chi connectivity index (χ2n) is 0.954. The highest BCUT2D eigenvalue weighted by atomic mass is 35.5. The molecule has 0 aliphatic carbocycles. The van der Waals surface area contributed by atoms with Crippen molar-refractivity contribution in [3.8, 4) is 0 Å². The van der Waals surface area contributed by atoms with Gasteiger partial charge in [-0.2, -0.15) is 0 Å². The van der Waals surface area contributed by atoms with Crippen molar-refractivity contribution in [2.45, 2.75) is 0 Å². The van der Waals surface area contributed by atoms with Crippen LogP contribution in [0.2, 0.25) is 0 Å². The Balaban J connectivity index is 3.92. The Morgan fingerprint density at radius 3 is 2.25 bits per heavy atom. The maximum atomic E-state index is 10.00. The summed E-state index contributed by atoms with van der Waals surface area (Å²) in [6.45, 7) is 0. The number of oxime groups is 1. The van der Waals surface area contributed by atoms with E-state index in [1.54, 1.807) is 0 Å². The van der Waals surface area contributed by atoms with Gasteiger partial charge in [-0.05, 0) is 11.6 Å². The largest absolute Gasteiger partial charge is 0.410 e. The lowest BCUT2D eigenvalue weighted by Gasteiger charge is -1.85. The van der Waals surface area contributed by atoms with E-state index in [2.05, 4.69) is 5.16 Å². The summed E-state index contributed by atoms with van der Waals surface area (Å²) in [4.78, 5) is 10.00. The molecule has 1 N–H and O–H groups in total. The SMILES string of the molecule is O=C(Cl)C(CCl)=NO. The van der Waals surface area contributed by atoms with Gasteiger partial charge in [-0.15, -0.1) is 11.6 Å². The molecule has 8 heavy (non-hydrogen) atoms. The normalized spacial score (nSPS) is 11.5. The first-order valence-corrected chi connectivity index (χ1v) is 2.60. The number of hydrogen-bond donors (Lipinski definition) is 1. The van der Waals surface area contributed by atoms with Crippen molar-refractivity contribution in [2.75, 3.05) is 5.88 Å². The zero-order chi connectivity index (χ0) is 6.57. The van der Waals surface area contributed by atoms with Crippen LogP contribution in [-0.4, -0.2) is 22.0 Å². The first kappa shape index (κ1) is 7.72. The lowest BCUT2D eigenvalue weighted by Crippen LogP contribution is -2.08. The predicted octanol–water partition coefficient (Wildman–Crippen LogP) is 0.821. The van der Waals surface area contributed by atoms with Crippen LogP contribution in [0, 0.1) is 0 Å². The second-order valence-corrected chi connectivity index (χ2v) is 1.56. The van der Waals surface area contributed by atoms with E-state index in [1.165, 1.54) is 0 Å². The van der Waals surface area contributed by atoms with Crippen molar-refractivity contribution in [2.24, 2.45) is 5.16 Å². The summed E-state index contributed by atoms with van der Waals surface area (Å²) in [5, 5.41) is 9.57. The highest BCUT2D eigenvalue weighted by Gasteiger charge is 2.04. The maximum Gasteiger partial charge on any atom is 0.271 e. The molecule has 0 heterocycles. The molecule has 0 saturated heterocycles. The summed E-state index contributed by atoms with van der Waals surface area (Å²) in [6, 6.07) is 0. The van der Waals surface area contributed by atoms with Gasteiger partial charge in [-0.3, -0.25) is 4.79 Å². The Morgan fingerprint density at radius 2 is 2.25 bits per heavy atom. The molecule has 0 fully saturated rings. The number of hydrogen-bond acceptors (Lipinski definition) is 3. The molecule has 3 nitrogen and oxygen atoms in total. The van der Waals surface area contributed by atoms with E-state index in [0.29, 0.717) is 0 Å². The van der Waals surface area contributed by atoms with Crippen molar-refractivity contribution in [3.63, 3.8) is 0 Å². The van der Waals surface area contributed by atoms with Gasteiger partial charge in [0.15, 0.2) is 5.71 Å². The molecule has 46 valence electrons. The Morgan fingerprint density at radius 1 is 1.75 bits per heavy atom. The molecule has 0 amide bonds. The molecule has 0 bridgehead atoms. The minimum Gasteiger partial charge on any atom is -0.410 e. The van der Waals surface area contributed by atoms with E-state index in [0.717, 1.165) is 0 Å². The van der Waals surface area contributed by atoms with Gasteiger partial charge in [-0.25, -0.2) is 0 Å². The van der Waals surface area contributed by atoms with Crippen molar-refractivity contribution in [3.05, 3.63) is 0 Å². The van der Waals surface area contributed by atoms with E-state index in [9.17, 15) is 4.79 Å². The van der Waals surface area contributed by atoms with Gasteiger partial charge in [-0.1, -0.05) is 5.16 Å². The molecule has 0 spiro atoms. The average molecular weight is 156 g/mol. The minimum atomic E-state index is -0.831. The Labute approximate surface area is 55.9 Å². The quantitative estimate of drug-likeness (QED) is 0.211. The Bertz CT molecular complexity index is 122. The van der Waals surface area contributed by atoms with Gasteiger partial charge in [0.25, 0.3) is 5.24 Å². The molecule has 0 saturated carbocycles. The molecular formula is C3H3Cl2NO2. The number of carbonyl (C=O) groups is 1. The van der Waals surface area contributed by atoms with Crippen molar-refractivity contribution in [1.82, 2.24) is 0 Å². The first-order chi connectivity index (χ1) is 3.72. The number of carbonyl (C=O) groups excluding carboxylic acids is 1. The monoisotopic (exact) mass is 155 g/mol. The van der Waals surface area contributed by atoms with Gasteiger partial charge >= 0.3 is 0 Å². The van der Waals surface area contributed by atoms with Crippen molar-refractivity contribution < 1.29 is 10.0 Å². The van der Waals surface area contributed by atoms with Crippen LogP contribution < -0.4 is 0 Å². The van der Waals surface area contributed by atoms with Gasteiger partial charge in [0.2, 0.25) is 0 Å². The van der Waals surface area contributed by atoms with Crippen LogP contribution in [-0.2, 0) is 4.79 Å². The van der Waals surface area contributed by atoms with Crippen LogP contribution in [0.5, 0.6) is 0 Å². The van der Waals surface area contributed by atoms with Crippen LogP contribution in [0.1, 0.15) is 0 Å². The predicted molar refractivity (Wildman–Crippen MR) is 30.8 cm³/mol. The lowest BCUT2D eigenvalue weighted by molar-refractivity contribution is -0.106. The molecule has 0 rings (SSSR count). The molecule has 0 atom stereocenters. The van der Waals surface area contributed by atoms with E-state index in [1.807, 2.05) is 0 Å². The van der Waals surface area contributed by atoms with E-state index in [-0.39, 0.29) is 11.6 Å². The fourth-order valence-corrected chi connectivity index (χ4v) is 0.466. The zero-order valence-corrected chi connectivity index (χ0v) is 5.28. The summed E-state index contributed by atoms with van der Waals surface area (Å²) in [5.74, 6) is -0.168. The summed E-state index contributed by atoms with van der Waals surface area (Å²) < 4.78 is 0. The first-order valence-electron chi connectivity index (χ1n) is 1.69. The molecule has 0 radical (unpaired) electrons. The zero-order valence-electron chi connectivity index (χ0n) is 3.77. The summed E-state index contributed by atoms with van der Waals surface area (Å²) >= 11 is 9.90. The van der Waals surface area contributed by atoms with Gasteiger partial charge in [0.05, 0.1) is 5.88 Å². The third-order valence-electron chi connectivity index (χ3n) is 0.474. The highest BCUT2D eigenvalue weighted by molar-refractivity contribution is 6.83. The van der Waals surface area contributed by atoms with Crippen LogP contribution >= 0.6 is 23.2 Å². The van der Waals surface area contributed by atoms with E-state index >= 15 is 0 Å². The molecule has 0 aromatic carbocycles. The summed E-state index contributed by atoms with van der Waals surface area (Å²) in [6.07, 6.45) is 0. The standard InChI is InChI=1S/C3H3Cl2NO2/c4-1-2(6-8)3(5)7/h8H,1H2. The molecule has 5 heteroatoms. The molecule has 0 unspecified atom stereocenters. The number of rotatable bonds is 2. The average Bonchev–Trinajstić information content (AvgIpc) is 1.69. The molecule has 0 aliphatic heterocycles. The molecule has 0 aliphatic rings. The Hall–Kier alpha value is -0.280. The smallest absolute Gasteiger partial charge is 0.271 e. The third kappa shape index (κ3) is 2.14. The van der Waals surface area contributed by atoms with Crippen LogP contribution in [0.4, 0.5) is 0 Å². The van der Waals surface area contributed by atoms with Gasteiger partial charge < -0.3 is 5.21 Å². The highest BCUT2D eigenvalue weighted by Crippen LogP contribution is 1.88. The number of halogens is 2. The lowest BCUT2D eigenvalue weighted by atomic mass is 10.5. The maximum absolute atomic E-state index is 10.00. The molecule has 0 aromatic rings. The second kappa shape index (κ2) is 3.69. The van der Waals surface area contributed by atoms with Crippen molar-refractivity contribution >= 4 is 34.2 Å². The fourth-order valence-electron chi connectivity index (χ4n) is 0.119. The minimum absolute atomic E-state index is 0.168. The number of alkyl halides is 1. The van der Waals surface area contributed by atoms with E-state index in [4.69, 9.17) is 28.4 Å².